The fourth-order valence-electron chi connectivity index (χ4n) is 4.65. The van der Waals surface area contributed by atoms with Crippen LogP contribution in [-0.4, -0.2) is 37.2 Å². The van der Waals surface area contributed by atoms with E-state index in [1.165, 1.54) is 25.3 Å². The zero-order valence-electron chi connectivity index (χ0n) is 18.8. The molecule has 4 rings (SSSR count). The number of benzene rings is 3. The zero-order valence-corrected chi connectivity index (χ0v) is 18.8. The molecule has 0 aliphatic carbocycles. The summed E-state index contributed by atoms with van der Waals surface area (Å²) in [7, 11) is 1.48. The van der Waals surface area contributed by atoms with Gasteiger partial charge in [0.05, 0.1) is 7.11 Å². The van der Waals surface area contributed by atoms with E-state index in [4.69, 9.17) is 4.74 Å². The first-order valence-corrected chi connectivity index (χ1v) is 11.1. The molecule has 0 amide bonds. The smallest absolute Gasteiger partial charge is 0.496 e. The fraction of sp³-hybridized carbons (Fsp3) is 0.296. The van der Waals surface area contributed by atoms with Crippen molar-refractivity contribution in [2.24, 2.45) is 5.92 Å². The summed E-state index contributed by atoms with van der Waals surface area (Å²) in [6.07, 6.45) is -4.39. The van der Waals surface area contributed by atoms with E-state index >= 15 is 0 Å². The number of likely N-dealkylation sites (tertiary alicyclic amines) is 1. The minimum atomic E-state index is -4.77. The second kappa shape index (κ2) is 10.3. The summed E-state index contributed by atoms with van der Waals surface area (Å²) in [5.74, 6) is -0.0150. The number of methoxy groups -OCH3 is 1. The van der Waals surface area contributed by atoms with Gasteiger partial charge in [0.1, 0.15) is 17.3 Å². The summed E-state index contributed by atoms with van der Waals surface area (Å²) in [6.45, 7) is 1.36. The lowest BCUT2D eigenvalue weighted by atomic mass is 9.76. The lowest BCUT2D eigenvalue weighted by molar-refractivity contribution is -0.274. The molecule has 0 bridgehead atoms. The standard InChI is InChI=1S/C27H26F3NO3/c1-33-25-13-12-22(34-27(28,29)30)16-21(25)17-31-15-14-24(32)23(18-31)26(19-8-4-2-5-9-19)20-10-6-3-7-11-20/h2-13,16,23,26H,14-15,17-18H2,1H3. The number of hydrogen-bond donors (Lipinski definition) is 0. The molecule has 0 radical (unpaired) electrons. The predicted molar refractivity (Wildman–Crippen MR) is 123 cm³/mol. The number of piperidine rings is 1. The third-order valence-electron chi connectivity index (χ3n) is 6.14. The van der Waals surface area contributed by atoms with Crippen LogP contribution in [-0.2, 0) is 11.3 Å². The fourth-order valence-corrected chi connectivity index (χ4v) is 4.65. The molecule has 178 valence electrons. The summed E-state index contributed by atoms with van der Waals surface area (Å²) in [5, 5.41) is 0. The Hall–Kier alpha value is -3.32. The maximum Gasteiger partial charge on any atom is 0.573 e. The molecule has 1 heterocycles. The molecular weight excluding hydrogens is 443 g/mol. The highest BCUT2D eigenvalue weighted by Gasteiger charge is 2.36. The van der Waals surface area contributed by atoms with Gasteiger partial charge in [-0.2, -0.15) is 0 Å². The third-order valence-corrected chi connectivity index (χ3v) is 6.14. The van der Waals surface area contributed by atoms with Gasteiger partial charge in [-0.25, -0.2) is 0 Å². The summed E-state index contributed by atoms with van der Waals surface area (Å²) in [5.41, 5.74) is 2.70. The summed E-state index contributed by atoms with van der Waals surface area (Å²) < 4.78 is 47.6. The van der Waals surface area contributed by atoms with E-state index < -0.39 is 6.36 Å². The van der Waals surface area contributed by atoms with Gasteiger partial charge in [0, 0.05) is 43.5 Å². The van der Waals surface area contributed by atoms with Crippen LogP contribution in [0, 0.1) is 5.92 Å². The number of Topliss-reactive ketones (excluding diaryl/α,β-unsaturated/α-hetero) is 1. The van der Waals surface area contributed by atoms with Gasteiger partial charge in [0.25, 0.3) is 0 Å². The average molecular weight is 470 g/mol. The molecule has 1 saturated heterocycles. The molecule has 4 nitrogen and oxygen atoms in total. The number of ether oxygens (including phenoxy) is 2. The molecule has 0 aromatic heterocycles. The van der Waals surface area contributed by atoms with Crippen molar-refractivity contribution in [3.05, 3.63) is 95.6 Å². The Labute approximate surface area is 196 Å². The number of carbonyl (C=O) groups is 1. The number of halogens is 3. The molecule has 1 aliphatic rings. The first-order valence-electron chi connectivity index (χ1n) is 11.1. The SMILES string of the molecule is COc1ccc(OC(F)(F)F)cc1CN1CCC(=O)C(C(c2ccccc2)c2ccccc2)C1. The van der Waals surface area contributed by atoms with Gasteiger partial charge in [0.15, 0.2) is 0 Å². The Bertz CT molecular complexity index is 1060. The van der Waals surface area contributed by atoms with Crippen molar-refractivity contribution in [3.63, 3.8) is 0 Å². The van der Waals surface area contributed by atoms with Crippen LogP contribution in [0.25, 0.3) is 0 Å². The highest BCUT2D eigenvalue weighted by Crippen LogP contribution is 2.37. The Morgan fingerprint density at radius 2 is 1.59 bits per heavy atom. The van der Waals surface area contributed by atoms with Crippen LogP contribution in [0.4, 0.5) is 13.2 Å². The number of rotatable bonds is 7. The minimum Gasteiger partial charge on any atom is -0.496 e. The van der Waals surface area contributed by atoms with E-state index in [1.54, 1.807) is 0 Å². The third kappa shape index (κ3) is 5.78. The van der Waals surface area contributed by atoms with Crippen molar-refractivity contribution >= 4 is 5.78 Å². The van der Waals surface area contributed by atoms with Crippen molar-refractivity contribution < 1.29 is 27.4 Å². The quantitative estimate of drug-likeness (QED) is 0.437. The Balaban J connectivity index is 1.61. The van der Waals surface area contributed by atoms with Crippen LogP contribution in [0.1, 0.15) is 29.0 Å². The van der Waals surface area contributed by atoms with Crippen molar-refractivity contribution in [2.45, 2.75) is 25.2 Å². The number of alkyl halides is 3. The van der Waals surface area contributed by atoms with Gasteiger partial charge in [-0.05, 0) is 29.3 Å². The predicted octanol–water partition coefficient (Wildman–Crippen LogP) is 5.82. The Kier molecular flexibility index (Phi) is 7.22. The monoisotopic (exact) mass is 469 g/mol. The molecule has 0 N–H and O–H groups in total. The van der Waals surface area contributed by atoms with E-state index in [-0.39, 0.29) is 23.4 Å². The van der Waals surface area contributed by atoms with Crippen LogP contribution >= 0.6 is 0 Å². The molecule has 0 spiro atoms. The molecule has 1 aliphatic heterocycles. The average Bonchev–Trinajstić information content (AvgIpc) is 2.82. The maximum atomic E-state index is 13.1. The van der Waals surface area contributed by atoms with Crippen LogP contribution in [0.2, 0.25) is 0 Å². The number of nitrogens with zero attached hydrogens (tertiary/aromatic N) is 1. The molecule has 0 saturated carbocycles. The van der Waals surface area contributed by atoms with E-state index in [1.807, 2.05) is 60.7 Å². The van der Waals surface area contributed by atoms with Gasteiger partial charge in [-0.15, -0.1) is 13.2 Å². The van der Waals surface area contributed by atoms with Gasteiger partial charge >= 0.3 is 6.36 Å². The molecule has 1 fully saturated rings. The number of hydrogen-bond acceptors (Lipinski definition) is 4. The Morgan fingerprint density at radius 3 is 2.15 bits per heavy atom. The molecular formula is C27H26F3NO3. The highest BCUT2D eigenvalue weighted by atomic mass is 19.4. The molecule has 1 unspecified atom stereocenters. The number of ketones is 1. The first-order chi connectivity index (χ1) is 16.3. The van der Waals surface area contributed by atoms with Gasteiger partial charge < -0.3 is 9.47 Å². The Morgan fingerprint density at radius 1 is 0.971 bits per heavy atom. The van der Waals surface area contributed by atoms with Crippen LogP contribution in [0.15, 0.2) is 78.9 Å². The van der Waals surface area contributed by atoms with E-state index in [0.29, 0.717) is 37.4 Å². The highest BCUT2D eigenvalue weighted by molar-refractivity contribution is 5.83. The second-order valence-corrected chi connectivity index (χ2v) is 8.38. The minimum absolute atomic E-state index is 0.112. The van der Waals surface area contributed by atoms with E-state index in [2.05, 4.69) is 9.64 Å². The van der Waals surface area contributed by atoms with Gasteiger partial charge in [-0.3, -0.25) is 9.69 Å². The normalized spacial score (nSPS) is 17.1. The number of carbonyl (C=O) groups excluding carboxylic acids is 1. The van der Waals surface area contributed by atoms with Crippen LogP contribution < -0.4 is 9.47 Å². The van der Waals surface area contributed by atoms with E-state index in [0.717, 1.165) is 11.1 Å². The van der Waals surface area contributed by atoms with Gasteiger partial charge in [0.2, 0.25) is 0 Å². The second-order valence-electron chi connectivity index (χ2n) is 8.38. The molecule has 3 aromatic carbocycles. The van der Waals surface area contributed by atoms with Crippen LogP contribution in [0.3, 0.4) is 0 Å². The van der Waals surface area contributed by atoms with Crippen molar-refractivity contribution in [1.29, 1.82) is 0 Å². The molecule has 34 heavy (non-hydrogen) atoms. The van der Waals surface area contributed by atoms with E-state index in [9.17, 15) is 18.0 Å². The summed E-state index contributed by atoms with van der Waals surface area (Å²) in [6, 6.07) is 23.9. The van der Waals surface area contributed by atoms with Crippen molar-refractivity contribution in [3.8, 4) is 11.5 Å². The van der Waals surface area contributed by atoms with Crippen LogP contribution in [0.5, 0.6) is 11.5 Å². The molecule has 1 atom stereocenters. The van der Waals surface area contributed by atoms with Crippen molar-refractivity contribution in [2.75, 3.05) is 20.2 Å². The summed E-state index contributed by atoms with van der Waals surface area (Å²) >= 11 is 0. The lowest BCUT2D eigenvalue weighted by Crippen LogP contribution is -2.43. The van der Waals surface area contributed by atoms with Crippen molar-refractivity contribution in [1.82, 2.24) is 4.90 Å². The maximum absolute atomic E-state index is 13.1. The van der Waals surface area contributed by atoms with Gasteiger partial charge in [-0.1, -0.05) is 60.7 Å². The first kappa shape index (κ1) is 23.8. The lowest BCUT2D eigenvalue weighted by Gasteiger charge is -2.36. The topological polar surface area (TPSA) is 38.8 Å². The molecule has 7 heteroatoms. The largest absolute Gasteiger partial charge is 0.573 e. The summed E-state index contributed by atoms with van der Waals surface area (Å²) in [4.78, 5) is 15.2. The zero-order chi connectivity index (χ0) is 24.1. The molecule has 3 aromatic rings.